The molecule has 9 heteroatoms. The number of hydrogen-bond acceptors (Lipinski definition) is 6. The maximum Gasteiger partial charge on any atom is 0.324 e. The largest absolute Gasteiger partial charge is 0.493 e. The van der Waals surface area contributed by atoms with Crippen LogP contribution in [0.25, 0.3) is 5.82 Å². The Bertz CT molecular complexity index is 866. The topological polar surface area (TPSA) is 103 Å². The molecule has 2 N–H and O–H groups in total. The average Bonchev–Trinajstić information content (AvgIpc) is 3.16. The Morgan fingerprint density at radius 2 is 1.92 bits per heavy atom. The molecule has 1 aromatic carbocycles. The van der Waals surface area contributed by atoms with Crippen molar-refractivity contribution in [2.45, 2.75) is 0 Å². The molecule has 0 atom stereocenters. The van der Waals surface area contributed by atoms with Gasteiger partial charge in [-0.05, 0) is 18.2 Å². The van der Waals surface area contributed by atoms with Crippen LogP contribution in [0, 0.1) is 0 Å². The van der Waals surface area contributed by atoms with E-state index >= 15 is 0 Å². The quantitative estimate of drug-likeness (QED) is 0.739. The van der Waals surface area contributed by atoms with E-state index in [9.17, 15) is 4.79 Å². The molecule has 2 amide bonds. The lowest BCUT2D eigenvalue weighted by atomic mass is 10.3. The number of carbonyl (C=O) groups excluding carboxylic acids is 1. The first kappa shape index (κ1) is 16.2. The Kier molecular flexibility index (Phi) is 4.74. The molecule has 0 aliphatic rings. The zero-order valence-electron chi connectivity index (χ0n) is 13.6. The normalized spacial score (nSPS) is 10.2. The molecule has 0 aliphatic heterocycles. The monoisotopic (exact) mass is 340 g/mol. The fourth-order valence-corrected chi connectivity index (χ4v) is 2.14. The highest BCUT2D eigenvalue weighted by Crippen LogP contribution is 2.29. The number of carbonyl (C=O) groups is 1. The van der Waals surface area contributed by atoms with E-state index in [1.54, 1.807) is 54.5 Å². The van der Waals surface area contributed by atoms with Crippen LogP contribution in [-0.2, 0) is 0 Å². The van der Waals surface area contributed by atoms with Gasteiger partial charge in [0, 0.05) is 30.2 Å². The molecule has 0 radical (unpaired) electrons. The molecular formula is C16H16N6O3. The minimum absolute atomic E-state index is 0.346. The first-order chi connectivity index (χ1) is 12.2. The summed E-state index contributed by atoms with van der Waals surface area (Å²) in [6.07, 6.45) is 4.73. The van der Waals surface area contributed by atoms with E-state index in [2.05, 4.69) is 25.7 Å². The second-order valence-corrected chi connectivity index (χ2v) is 4.86. The van der Waals surface area contributed by atoms with Crippen molar-refractivity contribution in [3.8, 4) is 17.3 Å². The van der Waals surface area contributed by atoms with Crippen LogP contribution in [0.3, 0.4) is 0 Å². The van der Waals surface area contributed by atoms with Gasteiger partial charge in [0.2, 0.25) is 0 Å². The number of methoxy groups -OCH3 is 2. The van der Waals surface area contributed by atoms with Gasteiger partial charge < -0.3 is 14.8 Å². The van der Waals surface area contributed by atoms with Gasteiger partial charge in [0.1, 0.15) is 12.1 Å². The van der Waals surface area contributed by atoms with Crippen LogP contribution < -0.4 is 20.1 Å². The Labute approximate surface area is 143 Å². The van der Waals surface area contributed by atoms with E-state index in [0.29, 0.717) is 28.8 Å². The van der Waals surface area contributed by atoms with Crippen LogP contribution in [0.2, 0.25) is 0 Å². The third kappa shape index (κ3) is 3.83. The number of benzene rings is 1. The minimum Gasteiger partial charge on any atom is -0.493 e. The van der Waals surface area contributed by atoms with Gasteiger partial charge in [0.15, 0.2) is 17.3 Å². The molecule has 2 heterocycles. The van der Waals surface area contributed by atoms with Gasteiger partial charge in [0.05, 0.1) is 14.2 Å². The Morgan fingerprint density at radius 3 is 2.64 bits per heavy atom. The molecular weight excluding hydrogens is 324 g/mol. The summed E-state index contributed by atoms with van der Waals surface area (Å²) < 4.78 is 11.9. The maximum absolute atomic E-state index is 12.2. The standard InChI is InChI=1S/C16H16N6O3/c1-24-12-5-4-11(8-13(12)25-2)20-16(23)21-14-9-15(18-10-17-14)22-7-3-6-19-22/h3-10H,1-2H3,(H2,17,18,20,21,23). The number of rotatable bonds is 5. The second-order valence-electron chi connectivity index (χ2n) is 4.86. The zero-order valence-corrected chi connectivity index (χ0v) is 13.6. The molecule has 0 bridgehead atoms. The highest BCUT2D eigenvalue weighted by Gasteiger charge is 2.09. The van der Waals surface area contributed by atoms with Crippen LogP contribution in [0.4, 0.5) is 16.3 Å². The number of aromatic nitrogens is 4. The summed E-state index contributed by atoms with van der Waals surface area (Å²) in [6, 6.07) is 8.01. The van der Waals surface area contributed by atoms with Gasteiger partial charge in [-0.15, -0.1) is 0 Å². The number of amides is 2. The van der Waals surface area contributed by atoms with Crippen LogP contribution in [0.1, 0.15) is 0 Å². The zero-order chi connectivity index (χ0) is 17.6. The molecule has 0 saturated carbocycles. The minimum atomic E-state index is -0.447. The highest BCUT2D eigenvalue weighted by molar-refractivity contribution is 5.99. The number of anilines is 2. The molecule has 9 nitrogen and oxygen atoms in total. The Morgan fingerprint density at radius 1 is 1.08 bits per heavy atom. The highest BCUT2D eigenvalue weighted by atomic mass is 16.5. The van der Waals surface area contributed by atoms with Gasteiger partial charge in [-0.25, -0.2) is 19.4 Å². The number of ether oxygens (including phenoxy) is 2. The van der Waals surface area contributed by atoms with Crippen molar-refractivity contribution in [3.05, 3.63) is 49.1 Å². The fraction of sp³-hybridized carbons (Fsp3) is 0.125. The fourth-order valence-electron chi connectivity index (χ4n) is 2.14. The lowest BCUT2D eigenvalue weighted by Crippen LogP contribution is -2.20. The van der Waals surface area contributed by atoms with Crippen molar-refractivity contribution >= 4 is 17.5 Å². The smallest absolute Gasteiger partial charge is 0.324 e. The Hall–Kier alpha value is -3.62. The molecule has 2 aromatic heterocycles. The molecule has 3 aromatic rings. The number of nitrogens with one attached hydrogen (secondary N) is 2. The lowest BCUT2D eigenvalue weighted by molar-refractivity contribution is 0.262. The van der Waals surface area contributed by atoms with Crippen molar-refractivity contribution in [2.24, 2.45) is 0 Å². The maximum atomic E-state index is 12.2. The molecule has 3 rings (SSSR count). The van der Waals surface area contributed by atoms with Gasteiger partial charge in [0.25, 0.3) is 0 Å². The van der Waals surface area contributed by atoms with E-state index in [0.717, 1.165) is 0 Å². The SMILES string of the molecule is COc1ccc(NC(=O)Nc2cc(-n3cccn3)ncn2)cc1OC. The van der Waals surface area contributed by atoms with E-state index in [1.807, 2.05) is 0 Å². The third-order valence-corrected chi connectivity index (χ3v) is 3.27. The van der Waals surface area contributed by atoms with E-state index in [-0.39, 0.29) is 0 Å². The van der Waals surface area contributed by atoms with Gasteiger partial charge in [-0.2, -0.15) is 5.10 Å². The molecule has 0 spiro atoms. The summed E-state index contributed by atoms with van der Waals surface area (Å²) in [4.78, 5) is 20.3. The van der Waals surface area contributed by atoms with Crippen molar-refractivity contribution in [1.82, 2.24) is 19.7 Å². The summed E-state index contributed by atoms with van der Waals surface area (Å²) in [5.41, 5.74) is 0.552. The van der Waals surface area contributed by atoms with E-state index in [4.69, 9.17) is 9.47 Å². The van der Waals surface area contributed by atoms with Crippen LogP contribution in [-0.4, -0.2) is 40.0 Å². The van der Waals surface area contributed by atoms with Gasteiger partial charge in [-0.3, -0.25) is 5.32 Å². The van der Waals surface area contributed by atoms with Crippen molar-refractivity contribution in [3.63, 3.8) is 0 Å². The summed E-state index contributed by atoms with van der Waals surface area (Å²) in [5, 5.41) is 9.43. The summed E-state index contributed by atoms with van der Waals surface area (Å²) in [7, 11) is 3.07. The molecule has 0 aliphatic carbocycles. The lowest BCUT2D eigenvalue weighted by Gasteiger charge is -2.11. The molecule has 0 saturated heterocycles. The predicted octanol–water partition coefficient (Wildman–Crippen LogP) is 2.32. The second kappa shape index (κ2) is 7.30. The summed E-state index contributed by atoms with van der Waals surface area (Å²) >= 11 is 0. The molecule has 25 heavy (non-hydrogen) atoms. The summed E-state index contributed by atoms with van der Waals surface area (Å²) in [6.45, 7) is 0. The number of nitrogens with zero attached hydrogens (tertiary/aromatic N) is 4. The van der Waals surface area contributed by atoms with Crippen LogP contribution >= 0.6 is 0 Å². The first-order valence-corrected chi connectivity index (χ1v) is 7.31. The Balaban J connectivity index is 1.70. The molecule has 0 unspecified atom stereocenters. The predicted molar refractivity (Wildman–Crippen MR) is 91.3 cm³/mol. The number of urea groups is 1. The number of hydrogen-bond donors (Lipinski definition) is 2. The molecule has 128 valence electrons. The van der Waals surface area contributed by atoms with Crippen molar-refractivity contribution in [2.75, 3.05) is 24.9 Å². The first-order valence-electron chi connectivity index (χ1n) is 7.31. The van der Waals surface area contributed by atoms with Crippen LogP contribution in [0.5, 0.6) is 11.5 Å². The van der Waals surface area contributed by atoms with E-state index in [1.165, 1.54) is 13.4 Å². The van der Waals surface area contributed by atoms with Crippen LogP contribution in [0.15, 0.2) is 49.1 Å². The van der Waals surface area contributed by atoms with E-state index < -0.39 is 6.03 Å². The van der Waals surface area contributed by atoms with Crippen molar-refractivity contribution < 1.29 is 14.3 Å². The van der Waals surface area contributed by atoms with Gasteiger partial charge in [-0.1, -0.05) is 0 Å². The van der Waals surface area contributed by atoms with Gasteiger partial charge >= 0.3 is 6.03 Å². The third-order valence-electron chi connectivity index (χ3n) is 3.27. The average molecular weight is 340 g/mol. The van der Waals surface area contributed by atoms with Crippen molar-refractivity contribution in [1.29, 1.82) is 0 Å². The summed E-state index contributed by atoms with van der Waals surface area (Å²) in [5.74, 6) is 1.98. The molecule has 0 fully saturated rings.